The zero-order chi connectivity index (χ0) is 37.0. The molecule has 6 rings (SSSR count). The molecule has 0 radical (unpaired) electrons. The van der Waals surface area contributed by atoms with Crippen LogP contribution < -0.4 is 14.2 Å². The van der Waals surface area contributed by atoms with E-state index in [1.807, 2.05) is 78.9 Å². The summed E-state index contributed by atoms with van der Waals surface area (Å²) in [7, 11) is 4.82. The van der Waals surface area contributed by atoms with Gasteiger partial charge in [0.05, 0.1) is 46.7 Å². The first-order chi connectivity index (χ1) is 26.0. The Morgan fingerprint density at radius 2 is 1.21 bits per heavy atom. The van der Waals surface area contributed by atoms with Gasteiger partial charge < -0.3 is 47.7 Å². The monoisotopic (exact) mass is 728 g/mol. The summed E-state index contributed by atoms with van der Waals surface area (Å²) in [5, 5.41) is 12.3. The Labute approximate surface area is 310 Å². The lowest BCUT2D eigenvalue weighted by Crippen LogP contribution is -2.67. The zero-order valence-electron chi connectivity index (χ0n) is 30.3. The van der Waals surface area contributed by atoms with E-state index in [1.54, 1.807) is 45.6 Å². The normalized spacial score (nSPS) is 24.3. The molecule has 4 aromatic rings. The first kappa shape index (κ1) is 38.2. The Kier molecular flexibility index (Phi) is 13.7. The molecule has 53 heavy (non-hydrogen) atoms. The van der Waals surface area contributed by atoms with Gasteiger partial charge in [0.1, 0.15) is 47.8 Å². The predicted molar refractivity (Wildman–Crippen MR) is 195 cm³/mol. The van der Waals surface area contributed by atoms with Crippen molar-refractivity contribution in [1.29, 1.82) is 0 Å². The minimum absolute atomic E-state index is 0.106. The van der Waals surface area contributed by atoms with Crippen molar-refractivity contribution in [2.45, 2.75) is 82.0 Å². The summed E-state index contributed by atoms with van der Waals surface area (Å²) < 4.78 is 55.2. The lowest BCUT2D eigenvalue weighted by atomic mass is 9.83. The number of carbonyl (C=O) groups is 1. The molecule has 1 saturated carbocycles. The predicted octanol–water partition coefficient (Wildman–Crippen LogP) is 6.28. The topological polar surface area (TPSA) is 120 Å². The maximum atomic E-state index is 13.7. The third-order valence-electron chi connectivity index (χ3n) is 9.49. The van der Waals surface area contributed by atoms with E-state index in [0.717, 1.165) is 29.5 Å². The molecule has 11 heteroatoms. The number of para-hydroxylation sites is 1. The van der Waals surface area contributed by atoms with Crippen LogP contribution in [0.3, 0.4) is 0 Å². The van der Waals surface area contributed by atoms with Gasteiger partial charge in [0, 0.05) is 12.2 Å². The minimum atomic E-state index is -1.39. The summed E-state index contributed by atoms with van der Waals surface area (Å²) in [4.78, 5) is 13.7. The lowest BCUT2D eigenvalue weighted by molar-refractivity contribution is -0.302. The molecule has 1 aliphatic heterocycles. The third kappa shape index (κ3) is 9.94. The molecular weight excluding hydrogens is 680 g/mol. The van der Waals surface area contributed by atoms with Crippen molar-refractivity contribution in [3.8, 4) is 17.2 Å². The average Bonchev–Trinajstić information content (AvgIpc) is 3.22. The number of aliphatic hydroxyl groups is 1. The number of hydrogen-bond acceptors (Lipinski definition) is 11. The molecular formula is C42H48O11. The molecule has 1 saturated heterocycles. The van der Waals surface area contributed by atoms with Crippen LogP contribution in [-0.2, 0) is 48.2 Å². The summed E-state index contributed by atoms with van der Waals surface area (Å²) in [6, 6.07) is 31.2. The second-order valence-corrected chi connectivity index (χ2v) is 13.0. The van der Waals surface area contributed by atoms with Crippen LogP contribution in [0.15, 0.2) is 103 Å². The van der Waals surface area contributed by atoms with Crippen molar-refractivity contribution in [2.75, 3.05) is 27.9 Å². The molecule has 0 aromatic heterocycles. The Morgan fingerprint density at radius 3 is 1.79 bits per heavy atom. The second kappa shape index (κ2) is 19.0. The molecule has 1 unspecified atom stereocenters. The summed E-state index contributed by atoms with van der Waals surface area (Å²) in [5.41, 5.74) is 2.81. The summed E-state index contributed by atoms with van der Waals surface area (Å²) >= 11 is 0. The summed E-state index contributed by atoms with van der Waals surface area (Å²) in [6.45, 7) is 0.889. The van der Waals surface area contributed by atoms with Gasteiger partial charge in [-0.05, 0) is 72.9 Å². The smallest absolute Gasteiger partial charge is 0.338 e. The molecule has 0 amide bonds. The highest BCUT2D eigenvalue weighted by atomic mass is 16.7. The van der Waals surface area contributed by atoms with E-state index in [9.17, 15) is 9.90 Å². The van der Waals surface area contributed by atoms with Gasteiger partial charge >= 0.3 is 5.97 Å². The van der Waals surface area contributed by atoms with Crippen LogP contribution in [0.4, 0.5) is 0 Å². The molecule has 11 nitrogen and oxygen atoms in total. The molecule has 1 aliphatic carbocycles. The molecule has 0 spiro atoms. The molecule has 0 bridgehead atoms. The first-order valence-electron chi connectivity index (χ1n) is 17.9. The maximum absolute atomic E-state index is 13.7. The van der Waals surface area contributed by atoms with E-state index in [-0.39, 0.29) is 19.8 Å². The number of carbonyl (C=O) groups excluding carboxylic acids is 1. The summed E-state index contributed by atoms with van der Waals surface area (Å²) in [6.07, 6.45) is -4.64. The molecule has 1 heterocycles. The zero-order valence-corrected chi connectivity index (χ0v) is 30.3. The van der Waals surface area contributed by atoms with Crippen LogP contribution in [0.25, 0.3) is 0 Å². The molecule has 7 atom stereocenters. The van der Waals surface area contributed by atoms with Crippen molar-refractivity contribution in [2.24, 2.45) is 0 Å². The fourth-order valence-corrected chi connectivity index (χ4v) is 6.60. The van der Waals surface area contributed by atoms with E-state index < -0.39 is 48.9 Å². The van der Waals surface area contributed by atoms with Crippen molar-refractivity contribution >= 4 is 5.97 Å². The molecule has 2 aliphatic rings. The third-order valence-corrected chi connectivity index (χ3v) is 9.49. The number of ether oxygens (including phenoxy) is 9. The van der Waals surface area contributed by atoms with Gasteiger partial charge in [-0.2, -0.15) is 0 Å². The highest BCUT2D eigenvalue weighted by molar-refractivity contribution is 5.89. The van der Waals surface area contributed by atoms with E-state index >= 15 is 0 Å². The molecule has 282 valence electrons. The minimum Gasteiger partial charge on any atom is -0.497 e. The lowest BCUT2D eigenvalue weighted by Gasteiger charge is -2.48. The Hall–Kier alpha value is -4.49. The van der Waals surface area contributed by atoms with E-state index in [0.29, 0.717) is 35.8 Å². The number of esters is 1. The van der Waals surface area contributed by atoms with Crippen molar-refractivity contribution in [1.82, 2.24) is 0 Å². The number of benzene rings is 4. The van der Waals surface area contributed by atoms with E-state index in [1.165, 1.54) is 0 Å². The Balaban J connectivity index is 1.39. The standard InChI is InChI=1S/C42H48O11/c1-45-32-20-16-28(17-21-32)25-49-40-38(53-42(44)30-11-5-4-6-12-30)36(43)37(52-35-15-9-10-24-48-35)39(51-27-31-13-7-8-14-34(31)47-3)41(40)50-26-29-18-22-33(46-2)23-19-29/h4-8,11-14,16-23,35-41,43H,9-10,15,24-27H2,1-3H3/t35?,36-,37+,38-,39-,40+,41+/m0/s1. The van der Waals surface area contributed by atoms with Crippen LogP contribution in [0, 0.1) is 0 Å². The van der Waals surface area contributed by atoms with E-state index in [2.05, 4.69) is 0 Å². The summed E-state index contributed by atoms with van der Waals surface area (Å²) in [5.74, 6) is 1.44. The highest BCUT2D eigenvalue weighted by Crippen LogP contribution is 2.36. The first-order valence-corrected chi connectivity index (χ1v) is 17.9. The Morgan fingerprint density at radius 1 is 0.642 bits per heavy atom. The van der Waals surface area contributed by atoms with Gasteiger partial charge in [-0.3, -0.25) is 0 Å². The van der Waals surface area contributed by atoms with Gasteiger partial charge in [-0.1, -0.05) is 60.7 Å². The second-order valence-electron chi connectivity index (χ2n) is 13.0. The van der Waals surface area contributed by atoms with Crippen LogP contribution in [0.1, 0.15) is 46.3 Å². The fourth-order valence-electron chi connectivity index (χ4n) is 6.60. The highest BCUT2D eigenvalue weighted by Gasteiger charge is 2.56. The largest absolute Gasteiger partial charge is 0.497 e. The number of rotatable bonds is 16. The van der Waals surface area contributed by atoms with Gasteiger partial charge in [-0.15, -0.1) is 0 Å². The molecule has 4 aromatic carbocycles. The maximum Gasteiger partial charge on any atom is 0.338 e. The van der Waals surface area contributed by atoms with Crippen LogP contribution in [0.5, 0.6) is 17.2 Å². The van der Waals surface area contributed by atoms with Gasteiger partial charge in [0.15, 0.2) is 12.4 Å². The van der Waals surface area contributed by atoms with Gasteiger partial charge in [-0.25, -0.2) is 4.79 Å². The van der Waals surface area contributed by atoms with Crippen LogP contribution >= 0.6 is 0 Å². The Bertz CT molecular complexity index is 1690. The van der Waals surface area contributed by atoms with Gasteiger partial charge in [0.2, 0.25) is 0 Å². The number of aliphatic hydroxyl groups excluding tert-OH is 1. The van der Waals surface area contributed by atoms with Crippen molar-refractivity contribution in [3.05, 3.63) is 125 Å². The van der Waals surface area contributed by atoms with Crippen molar-refractivity contribution in [3.63, 3.8) is 0 Å². The SMILES string of the molecule is COc1ccc(CO[C@@H]2[C@@H](OCc3ccccc3OC)[C@H](OC3CCCCO3)[C@H](O)[C@H](OC(=O)c3ccccc3)[C@H]2OCc2ccc(OC)cc2)cc1. The molecule has 2 fully saturated rings. The van der Waals surface area contributed by atoms with E-state index in [4.69, 9.17) is 42.6 Å². The van der Waals surface area contributed by atoms with Crippen LogP contribution in [-0.4, -0.2) is 81.9 Å². The quantitative estimate of drug-likeness (QED) is 0.131. The molecule has 1 N–H and O–H groups in total. The number of methoxy groups -OCH3 is 3. The number of hydrogen-bond donors (Lipinski definition) is 1. The van der Waals surface area contributed by atoms with Crippen molar-refractivity contribution < 1.29 is 52.5 Å². The van der Waals surface area contributed by atoms with Gasteiger partial charge in [0.25, 0.3) is 0 Å². The fraction of sp³-hybridized carbons (Fsp3) is 0.405. The average molecular weight is 729 g/mol. The van der Waals surface area contributed by atoms with Crippen LogP contribution in [0.2, 0.25) is 0 Å².